The molecule has 3 N–H and O–H groups in total. The predicted octanol–water partition coefficient (Wildman–Crippen LogP) is 7.00. The van der Waals surface area contributed by atoms with Crippen LogP contribution in [-0.2, 0) is 21.4 Å². The van der Waals surface area contributed by atoms with Crippen molar-refractivity contribution in [2.45, 2.75) is 69.8 Å². The second-order valence-corrected chi connectivity index (χ2v) is 11.9. The maximum absolute atomic E-state index is 13.3. The lowest BCUT2D eigenvalue weighted by molar-refractivity contribution is -0.164. The maximum atomic E-state index is 13.3. The predicted molar refractivity (Wildman–Crippen MR) is 143 cm³/mol. The van der Waals surface area contributed by atoms with E-state index in [2.05, 4.69) is 37.9 Å². The highest BCUT2D eigenvalue weighted by Crippen LogP contribution is 2.45. The van der Waals surface area contributed by atoms with Crippen LogP contribution in [0.1, 0.15) is 69.1 Å². The smallest absolute Gasteiger partial charge is 0.352 e. The van der Waals surface area contributed by atoms with Crippen molar-refractivity contribution < 1.29 is 24.5 Å². The number of carboxylic acid groups (broad SMARTS) is 1. The largest absolute Gasteiger partial charge is 0.511 e. The summed E-state index contributed by atoms with van der Waals surface area (Å²) in [5, 5.41) is 21.3. The fourth-order valence-corrected chi connectivity index (χ4v) is 5.85. The highest BCUT2D eigenvalue weighted by molar-refractivity contribution is 8.04. The van der Waals surface area contributed by atoms with E-state index >= 15 is 0 Å². The molecule has 1 unspecified atom stereocenters. The van der Waals surface area contributed by atoms with Crippen molar-refractivity contribution in [3.63, 3.8) is 0 Å². The van der Waals surface area contributed by atoms with Crippen molar-refractivity contribution in [1.29, 1.82) is 0 Å². The maximum Gasteiger partial charge on any atom is 0.352 e. The number of rotatable bonds is 7. The second kappa shape index (κ2) is 9.69. The molecule has 1 aromatic heterocycles. The number of thioether (sulfide) groups is 1. The summed E-state index contributed by atoms with van der Waals surface area (Å²) in [5.74, 6) is -1.49. The van der Waals surface area contributed by atoms with Crippen LogP contribution in [0.15, 0.2) is 64.1 Å². The number of benzene rings is 2. The monoisotopic (exact) mass is 507 g/mol. The number of aromatic carboxylic acids is 1. The lowest BCUT2D eigenvalue weighted by atomic mass is 9.80. The van der Waals surface area contributed by atoms with E-state index in [1.165, 1.54) is 11.8 Å². The minimum absolute atomic E-state index is 0.0228. The third-order valence-corrected chi connectivity index (χ3v) is 8.08. The van der Waals surface area contributed by atoms with Crippen LogP contribution in [0.25, 0.3) is 10.9 Å². The topological polar surface area (TPSA) is 99.6 Å². The molecule has 0 aliphatic carbocycles. The van der Waals surface area contributed by atoms with Crippen molar-refractivity contribution in [2.24, 2.45) is 5.92 Å². The summed E-state index contributed by atoms with van der Waals surface area (Å²) in [6.45, 7) is 10.2. The number of aryl methyl sites for hydroxylation is 1. The van der Waals surface area contributed by atoms with Gasteiger partial charge in [0.1, 0.15) is 22.0 Å². The molecular weight excluding hydrogens is 474 g/mol. The molecule has 2 heterocycles. The Hall–Kier alpha value is -3.19. The highest BCUT2D eigenvalue weighted by atomic mass is 32.2. The number of hydrogen-bond donors (Lipinski definition) is 3. The van der Waals surface area contributed by atoms with Crippen molar-refractivity contribution in [2.75, 3.05) is 0 Å². The molecule has 3 aromatic rings. The number of nitrogens with one attached hydrogen (secondary N) is 1. The summed E-state index contributed by atoms with van der Waals surface area (Å²) < 4.78 is 6.10. The number of aliphatic hydroxyl groups is 1. The zero-order valence-electron chi connectivity index (χ0n) is 21.3. The SMILES string of the molecule is CC(C)C1(CCc2ccccc2)CC(O)=C(Sc2cc3cc(C(=O)O)[nH]c3cc2C(C)(C)C)C(=O)O1. The first-order chi connectivity index (χ1) is 16.9. The van der Waals surface area contributed by atoms with Crippen molar-refractivity contribution >= 4 is 34.6 Å². The third-order valence-electron chi connectivity index (χ3n) is 6.91. The number of carbonyl (C=O) groups is 2. The minimum atomic E-state index is -1.03. The molecule has 0 saturated carbocycles. The lowest BCUT2D eigenvalue weighted by Gasteiger charge is -2.40. The van der Waals surface area contributed by atoms with E-state index < -0.39 is 17.5 Å². The van der Waals surface area contributed by atoms with Gasteiger partial charge in [-0.15, -0.1) is 0 Å². The molecule has 2 aromatic carbocycles. The number of hydrogen-bond acceptors (Lipinski definition) is 5. The van der Waals surface area contributed by atoms with E-state index in [1.54, 1.807) is 6.07 Å². The Morgan fingerprint density at radius 2 is 1.86 bits per heavy atom. The van der Waals surface area contributed by atoms with E-state index in [0.29, 0.717) is 11.9 Å². The molecule has 0 fully saturated rings. The number of aromatic nitrogens is 1. The zero-order valence-corrected chi connectivity index (χ0v) is 22.2. The number of aromatic amines is 1. The first-order valence-corrected chi connectivity index (χ1v) is 13.0. The second-order valence-electron chi connectivity index (χ2n) is 10.8. The lowest BCUT2D eigenvalue weighted by Crippen LogP contribution is -2.44. The van der Waals surface area contributed by atoms with Gasteiger partial charge >= 0.3 is 11.9 Å². The molecule has 0 saturated heterocycles. The molecule has 1 atom stereocenters. The van der Waals surface area contributed by atoms with Crippen LogP contribution in [0.2, 0.25) is 0 Å². The Morgan fingerprint density at radius 3 is 2.44 bits per heavy atom. The molecule has 0 bridgehead atoms. The molecule has 0 spiro atoms. The van der Waals surface area contributed by atoms with E-state index in [1.807, 2.05) is 44.2 Å². The summed E-state index contributed by atoms with van der Waals surface area (Å²) in [7, 11) is 0. The summed E-state index contributed by atoms with van der Waals surface area (Å²) in [5.41, 5.74) is 1.85. The first kappa shape index (κ1) is 25.9. The van der Waals surface area contributed by atoms with Gasteiger partial charge in [-0.05, 0) is 53.5 Å². The Bertz CT molecular complexity index is 1330. The fourth-order valence-electron chi connectivity index (χ4n) is 4.66. The van der Waals surface area contributed by atoms with Gasteiger partial charge < -0.3 is 19.9 Å². The molecule has 4 rings (SSSR count). The van der Waals surface area contributed by atoms with E-state index in [9.17, 15) is 19.8 Å². The number of cyclic esters (lactones) is 1. The molecule has 6 nitrogen and oxygen atoms in total. The number of carboxylic acids is 1. The Kier molecular flexibility index (Phi) is 6.97. The number of carbonyl (C=O) groups excluding carboxylic acids is 1. The van der Waals surface area contributed by atoms with Crippen LogP contribution in [-0.4, -0.2) is 32.7 Å². The van der Waals surface area contributed by atoms with E-state index in [0.717, 1.165) is 27.8 Å². The number of aliphatic hydroxyl groups excluding tert-OH is 1. The van der Waals surface area contributed by atoms with Crippen LogP contribution >= 0.6 is 11.8 Å². The van der Waals surface area contributed by atoms with Crippen LogP contribution in [0, 0.1) is 5.92 Å². The van der Waals surface area contributed by atoms with E-state index in [4.69, 9.17) is 4.74 Å². The van der Waals surface area contributed by atoms with Gasteiger partial charge in [-0.3, -0.25) is 0 Å². The molecule has 36 heavy (non-hydrogen) atoms. The zero-order chi connectivity index (χ0) is 26.3. The Balaban J connectivity index is 1.68. The first-order valence-electron chi connectivity index (χ1n) is 12.2. The molecule has 0 amide bonds. The number of ether oxygens (including phenoxy) is 1. The van der Waals surface area contributed by atoms with Gasteiger partial charge in [0.05, 0.1) is 0 Å². The molecule has 7 heteroatoms. The van der Waals surface area contributed by atoms with Crippen LogP contribution in [0.4, 0.5) is 0 Å². The molecule has 190 valence electrons. The van der Waals surface area contributed by atoms with Gasteiger partial charge in [0.2, 0.25) is 0 Å². The molecule has 1 aliphatic rings. The number of fused-ring (bicyclic) bond motifs is 1. The number of esters is 1. The fraction of sp³-hybridized carbons (Fsp3) is 0.379. The van der Waals surface area contributed by atoms with Gasteiger partial charge in [0.25, 0.3) is 0 Å². The van der Waals surface area contributed by atoms with Gasteiger partial charge in [0.15, 0.2) is 0 Å². The van der Waals surface area contributed by atoms with Crippen molar-refractivity contribution in [3.8, 4) is 0 Å². The number of H-pyrrole nitrogens is 1. The summed E-state index contributed by atoms with van der Waals surface area (Å²) in [6.07, 6.45) is 1.61. The van der Waals surface area contributed by atoms with Crippen molar-refractivity contribution in [1.82, 2.24) is 4.98 Å². The van der Waals surface area contributed by atoms with Crippen molar-refractivity contribution in [3.05, 3.63) is 76.0 Å². The van der Waals surface area contributed by atoms with Gasteiger partial charge in [-0.25, -0.2) is 9.59 Å². The van der Waals surface area contributed by atoms with Crippen LogP contribution < -0.4 is 0 Å². The minimum Gasteiger partial charge on any atom is -0.511 e. The average molecular weight is 508 g/mol. The Labute approximate surface area is 215 Å². The summed E-state index contributed by atoms with van der Waals surface area (Å²) in [6, 6.07) is 15.4. The Morgan fingerprint density at radius 1 is 1.17 bits per heavy atom. The quantitative estimate of drug-likeness (QED) is 0.298. The van der Waals surface area contributed by atoms with Gasteiger partial charge in [0, 0.05) is 22.2 Å². The van der Waals surface area contributed by atoms with Crippen LogP contribution in [0.3, 0.4) is 0 Å². The molecule has 1 aliphatic heterocycles. The molecular formula is C29H33NO5S. The van der Waals surface area contributed by atoms with Crippen LogP contribution in [0.5, 0.6) is 0 Å². The highest BCUT2D eigenvalue weighted by Gasteiger charge is 2.44. The summed E-state index contributed by atoms with van der Waals surface area (Å²) in [4.78, 5) is 28.7. The molecule has 0 radical (unpaired) electrons. The normalized spacial score (nSPS) is 18.7. The third kappa shape index (κ3) is 5.16. The average Bonchev–Trinajstić information content (AvgIpc) is 3.23. The van der Waals surface area contributed by atoms with Gasteiger partial charge in [-0.1, -0.05) is 76.7 Å². The van der Waals surface area contributed by atoms with Gasteiger partial charge in [-0.2, -0.15) is 0 Å². The van der Waals surface area contributed by atoms with E-state index in [-0.39, 0.29) is 34.1 Å². The summed E-state index contributed by atoms with van der Waals surface area (Å²) >= 11 is 1.19. The standard InChI is InChI=1S/C29H33NO5S/c1-17(2)29(12-11-18-9-7-6-8-10-18)16-23(31)25(27(34)35-29)36-24-14-19-13-22(26(32)33)30-21(19)15-20(24)28(3,4)5/h6-10,13-15,17,30-31H,11-12,16H2,1-5H3,(H,32,33).